The van der Waals surface area contributed by atoms with E-state index in [4.69, 9.17) is 4.74 Å². The van der Waals surface area contributed by atoms with Gasteiger partial charge in [-0.05, 0) is 58.0 Å². The maximum Gasteiger partial charge on any atom is 0.340 e. The van der Waals surface area contributed by atoms with Gasteiger partial charge in [0.2, 0.25) is 0 Å². The van der Waals surface area contributed by atoms with E-state index in [1.807, 2.05) is 37.5 Å². The molecule has 6 heteroatoms. The summed E-state index contributed by atoms with van der Waals surface area (Å²) in [5, 5.41) is 2.73. The molecule has 0 fully saturated rings. The number of rotatable bonds is 5. The van der Waals surface area contributed by atoms with Crippen LogP contribution in [0.15, 0.2) is 34.8 Å². The van der Waals surface area contributed by atoms with Gasteiger partial charge in [-0.1, -0.05) is 15.9 Å². The van der Waals surface area contributed by atoms with Crippen molar-refractivity contribution in [3.63, 3.8) is 0 Å². The SMILES string of the molecule is CCn1c(C)cc(C(=O)O[C@H](C)C(=O)Nc2ccc(Br)cc2)c1C. The second-order valence-corrected chi connectivity index (χ2v) is 6.49. The minimum atomic E-state index is -0.883. The topological polar surface area (TPSA) is 60.3 Å². The number of carbonyl (C=O) groups is 2. The van der Waals surface area contributed by atoms with E-state index < -0.39 is 12.1 Å². The number of nitrogens with zero attached hydrogens (tertiary/aromatic N) is 1. The van der Waals surface area contributed by atoms with Crippen LogP contribution in [0.2, 0.25) is 0 Å². The molecule has 1 amide bonds. The number of halogens is 1. The number of aryl methyl sites for hydroxylation is 1. The molecule has 0 radical (unpaired) electrons. The number of amides is 1. The summed E-state index contributed by atoms with van der Waals surface area (Å²) < 4.78 is 8.27. The highest BCUT2D eigenvalue weighted by Gasteiger charge is 2.22. The molecule has 1 N–H and O–H groups in total. The van der Waals surface area contributed by atoms with E-state index >= 15 is 0 Å². The quantitative estimate of drug-likeness (QED) is 0.779. The van der Waals surface area contributed by atoms with Gasteiger partial charge < -0.3 is 14.6 Å². The Labute approximate surface area is 150 Å². The molecule has 24 heavy (non-hydrogen) atoms. The van der Waals surface area contributed by atoms with Crippen molar-refractivity contribution in [1.82, 2.24) is 4.57 Å². The Kier molecular flexibility index (Phi) is 5.83. The summed E-state index contributed by atoms with van der Waals surface area (Å²) in [5.74, 6) is -0.851. The molecule has 0 aliphatic carbocycles. The van der Waals surface area contributed by atoms with Crippen LogP contribution in [-0.2, 0) is 16.1 Å². The number of aromatic nitrogens is 1. The predicted octanol–water partition coefficient (Wildman–Crippen LogP) is 4.07. The van der Waals surface area contributed by atoms with Gasteiger partial charge in [-0.3, -0.25) is 4.79 Å². The van der Waals surface area contributed by atoms with Crippen LogP contribution in [0.5, 0.6) is 0 Å². The molecule has 128 valence electrons. The third-order valence-corrected chi connectivity index (χ3v) is 4.40. The zero-order valence-electron chi connectivity index (χ0n) is 14.2. The minimum absolute atomic E-state index is 0.366. The van der Waals surface area contributed by atoms with Crippen molar-refractivity contribution >= 4 is 33.5 Å². The van der Waals surface area contributed by atoms with Gasteiger partial charge in [-0.2, -0.15) is 0 Å². The lowest BCUT2D eigenvalue weighted by Gasteiger charge is -2.14. The van der Waals surface area contributed by atoms with Crippen LogP contribution in [0.3, 0.4) is 0 Å². The zero-order valence-corrected chi connectivity index (χ0v) is 15.8. The molecule has 2 rings (SSSR count). The van der Waals surface area contributed by atoms with Gasteiger partial charge in [-0.25, -0.2) is 4.79 Å². The van der Waals surface area contributed by atoms with Crippen molar-refractivity contribution < 1.29 is 14.3 Å². The second kappa shape index (κ2) is 7.66. The van der Waals surface area contributed by atoms with E-state index in [2.05, 4.69) is 21.2 Å². The van der Waals surface area contributed by atoms with E-state index in [-0.39, 0.29) is 5.91 Å². The largest absolute Gasteiger partial charge is 0.449 e. The monoisotopic (exact) mass is 392 g/mol. The standard InChI is InChI=1S/C18H21BrN2O3/c1-5-21-11(2)10-16(12(21)3)18(23)24-13(4)17(22)20-15-8-6-14(19)7-9-15/h6-10,13H,5H2,1-4H3,(H,20,22)/t13-/m1/s1. The third-order valence-electron chi connectivity index (χ3n) is 3.87. The molecule has 0 saturated carbocycles. The van der Waals surface area contributed by atoms with Gasteiger partial charge in [-0.15, -0.1) is 0 Å². The van der Waals surface area contributed by atoms with Crippen molar-refractivity contribution in [1.29, 1.82) is 0 Å². The molecule has 0 unspecified atom stereocenters. The van der Waals surface area contributed by atoms with Gasteiger partial charge in [0.25, 0.3) is 5.91 Å². The predicted molar refractivity (Wildman–Crippen MR) is 97.2 cm³/mol. The highest BCUT2D eigenvalue weighted by Crippen LogP contribution is 2.18. The molecule has 1 aromatic carbocycles. The molecule has 2 aromatic rings. The third kappa shape index (κ3) is 4.06. The van der Waals surface area contributed by atoms with Crippen LogP contribution in [-0.4, -0.2) is 22.5 Å². The number of anilines is 1. The molecule has 1 heterocycles. The van der Waals surface area contributed by atoms with Crippen molar-refractivity contribution in [2.24, 2.45) is 0 Å². The second-order valence-electron chi connectivity index (χ2n) is 5.57. The fraction of sp³-hybridized carbons (Fsp3) is 0.333. The number of carbonyl (C=O) groups excluding carboxylic acids is 2. The average molecular weight is 393 g/mol. The zero-order chi connectivity index (χ0) is 17.9. The first-order chi connectivity index (χ1) is 11.3. The summed E-state index contributed by atoms with van der Waals surface area (Å²) in [7, 11) is 0. The summed E-state index contributed by atoms with van der Waals surface area (Å²) in [4.78, 5) is 24.5. The van der Waals surface area contributed by atoms with Crippen LogP contribution in [0.4, 0.5) is 5.69 Å². The van der Waals surface area contributed by atoms with Crippen molar-refractivity contribution in [3.8, 4) is 0 Å². The van der Waals surface area contributed by atoms with Crippen LogP contribution >= 0.6 is 15.9 Å². The summed E-state index contributed by atoms with van der Waals surface area (Å²) in [6.45, 7) is 8.18. The molecule has 1 atom stereocenters. The lowest BCUT2D eigenvalue weighted by atomic mass is 10.2. The first-order valence-corrected chi connectivity index (χ1v) is 8.57. The molecule has 0 aliphatic heterocycles. The van der Waals surface area contributed by atoms with Crippen molar-refractivity contribution in [2.75, 3.05) is 5.32 Å². The molecule has 0 saturated heterocycles. The average Bonchev–Trinajstić information content (AvgIpc) is 2.83. The number of ether oxygens (including phenoxy) is 1. The Morgan fingerprint density at radius 2 is 1.88 bits per heavy atom. The number of hydrogen-bond donors (Lipinski definition) is 1. The Balaban J connectivity index is 2.03. The molecular weight excluding hydrogens is 372 g/mol. The Bertz CT molecular complexity index is 750. The van der Waals surface area contributed by atoms with Gasteiger partial charge >= 0.3 is 5.97 Å². The maximum atomic E-state index is 12.3. The molecule has 0 spiro atoms. The maximum absolute atomic E-state index is 12.3. The minimum Gasteiger partial charge on any atom is -0.449 e. The molecule has 0 aliphatic rings. The van der Waals surface area contributed by atoms with Crippen LogP contribution in [0.25, 0.3) is 0 Å². The van der Waals surface area contributed by atoms with Crippen molar-refractivity contribution in [3.05, 3.63) is 51.8 Å². The Hall–Kier alpha value is -2.08. The smallest absolute Gasteiger partial charge is 0.340 e. The Morgan fingerprint density at radius 1 is 1.25 bits per heavy atom. The fourth-order valence-electron chi connectivity index (χ4n) is 2.55. The molecule has 5 nitrogen and oxygen atoms in total. The first kappa shape index (κ1) is 18.3. The number of hydrogen-bond acceptors (Lipinski definition) is 3. The van der Waals surface area contributed by atoms with Gasteiger partial charge in [0.05, 0.1) is 5.56 Å². The lowest BCUT2D eigenvalue weighted by Crippen LogP contribution is -2.30. The normalized spacial score (nSPS) is 11.9. The van der Waals surface area contributed by atoms with Gasteiger partial charge in [0.1, 0.15) is 0 Å². The fourth-order valence-corrected chi connectivity index (χ4v) is 2.81. The highest BCUT2D eigenvalue weighted by molar-refractivity contribution is 9.10. The van der Waals surface area contributed by atoms with Crippen molar-refractivity contribution in [2.45, 2.75) is 40.3 Å². The van der Waals surface area contributed by atoms with E-state index in [0.29, 0.717) is 11.3 Å². The summed E-state index contributed by atoms with van der Waals surface area (Å²) in [6.07, 6.45) is -0.883. The van der Waals surface area contributed by atoms with E-state index in [1.54, 1.807) is 25.1 Å². The molecule has 1 aromatic heterocycles. The van der Waals surface area contributed by atoms with Gasteiger partial charge in [0.15, 0.2) is 6.10 Å². The number of nitrogens with one attached hydrogen (secondary N) is 1. The van der Waals surface area contributed by atoms with E-state index in [9.17, 15) is 9.59 Å². The van der Waals surface area contributed by atoms with E-state index in [0.717, 1.165) is 22.4 Å². The highest BCUT2D eigenvalue weighted by atomic mass is 79.9. The first-order valence-electron chi connectivity index (χ1n) is 7.77. The lowest BCUT2D eigenvalue weighted by molar-refractivity contribution is -0.123. The van der Waals surface area contributed by atoms with Gasteiger partial charge in [0, 0.05) is 28.1 Å². The number of esters is 1. The molecule has 0 bridgehead atoms. The summed E-state index contributed by atoms with van der Waals surface area (Å²) in [6, 6.07) is 8.98. The summed E-state index contributed by atoms with van der Waals surface area (Å²) >= 11 is 3.34. The van der Waals surface area contributed by atoms with Crippen LogP contribution in [0.1, 0.15) is 35.6 Å². The van der Waals surface area contributed by atoms with E-state index in [1.165, 1.54) is 0 Å². The van der Waals surface area contributed by atoms with Crippen LogP contribution < -0.4 is 5.32 Å². The Morgan fingerprint density at radius 3 is 2.42 bits per heavy atom. The molecular formula is C18H21BrN2O3. The number of benzene rings is 1. The summed E-state index contributed by atoms with van der Waals surface area (Å²) in [5.41, 5.74) is 2.99. The van der Waals surface area contributed by atoms with Crippen LogP contribution in [0, 0.1) is 13.8 Å².